The first kappa shape index (κ1) is 22.4. The van der Waals surface area contributed by atoms with Crippen molar-refractivity contribution < 1.29 is 14.3 Å². The molecule has 3 aromatic rings. The molecule has 0 radical (unpaired) electrons. The molecule has 0 unspecified atom stereocenters. The fourth-order valence-corrected chi connectivity index (χ4v) is 3.94. The van der Waals surface area contributed by atoms with E-state index in [0.29, 0.717) is 24.5 Å². The zero-order valence-electron chi connectivity index (χ0n) is 19.3. The molecular weight excluding hydrogens is 420 g/mol. The van der Waals surface area contributed by atoms with Gasteiger partial charge in [0.15, 0.2) is 0 Å². The Morgan fingerprint density at radius 2 is 2.15 bits per heavy atom. The summed E-state index contributed by atoms with van der Waals surface area (Å²) < 4.78 is 12.7. The maximum Gasteiger partial charge on any atom is 0.407 e. The topological polar surface area (TPSA) is 105 Å². The van der Waals surface area contributed by atoms with E-state index in [1.54, 1.807) is 23.1 Å². The lowest BCUT2D eigenvalue weighted by molar-refractivity contribution is 0.0509. The highest BCUT2D eigenvalue weighted by molar-refractivity contribution is 5.85. The highest BCUT2D eigenvalue weighted by Gasteiger charge is 2.27. The molecular formula is C24H28N6O3. The van der Waals surface area contributed by atoms with Crippen LogP contribution in [0.2, 0.25) is 0 Å². The van der Waals surface area contributed by atoms with Gasteiger partial charge in [0, 0.05) is 30.4 Å². The van der Waals surface area contributed by atoms with Gasteiger partial charge in [-0.2, -0.15) is 10.4 Å². The van der Waals surface area contributed by atoms with Crippen LogP contribution in [0.25, 0.3) is 16.6 Å². The minimum atomic E-state index is -0.522. The SMILES string of the molecule is CCOc1cc(-c2ccc(N3CC[C@@H](NC(=O)OC(C)(C)C)C3)nc2)c2c(C#N)cnn2c1. The van der Waals surface area contributed by atoms with E-state index in [0.717, 1.165) is 35.4 Å². The lowest BCUT2D eigenvalue weighted by atomic mass is 10.1. The highest BCUT2D eigenvalue weighted by Crippen LogP contribution is 2.31. The van der Waals surface area contributed by atoms with Gasteiger partial charge in [0.25, 0.3) is 0 Å². The Bertz CT molecular complexity index is 1190. The van der Waals surface area contributed by atoms with Crippen LogP contribution in [0.3, 0.4) is 0 Å². The Kier molecular flexibility index (Phi) is 6.09. The van der Waals surface area contributed by atoms with Crippen LogP contribution in [-0.2, 0) is 4.74 Å². The molecule has 172 valence electrons. The quantitative estimate of drug-likeness (QED) is 0.633. The van der Waals surface area contributed by atoms with Crippen molar-refractivity contribution in [2.75, 3.05) is 24.6 Å². The molecule has 1 atom stereocenters. The van der Waals surface area contributed by atoms with Gasteiger partial charge in [-0.1, -0.05) is 0 Å². The number of nitrogens with one attached hydrogen (secondary N) is 1. The summed E-state index contributed by atoms with van der Waals surface area (Å²) in [5, 5.41) is 16.7. The maximum absolute atomic E-state index is 12.1. The number of carbonyl (C=O) groups is 1. The molecule has 0 spiro atoms. The predicted molar refractivity (Wildman–Crippen MR) is 124 cm³/mol. The lowest BCUT2D eigenvalue weighted by Crippen LogP contribution is -2.40. The Balaban J connectivity index is 1.53. The van der Waals surface area contributed by atoms with E-state index in [-0.39, 0.29) is 6.04 Å². The van der Waals surface area contributed by atoms with Gasteiger partial charge in [0.1, 0.15) is 23.2 Å². The van der Waals surface area contributed by atoms with Crippen LogP contribution in [-0.4, -0.2) is 52.0 Å². The van der Waals surface area contributed by atoms with Crippen LogP contribution in [0.1, 0.15) is 39.7 Å². The summed E-state index contributed by atoms with van der Waals surface area (Å²) in [6, 6.07) is 8.06. The molecule has 33 heavy (non-hydrogen) atoms. The molecule has 9 heteroatoms. The van der Waals surface area contributed by atoms with Gasteiger partial charge in [0.05, 0.1) is 36.1 Å². The van der Waals surface area contributed by atoms with Crippen molar-refractivity contribution in [1.29, 1.82) is 5.26 Å². The molecule has 1 N–H and O–H groups in total. The summed E-state index contributed by atoms with van der Waals surface area (Å²) in [6.07, 6.45) is 5.54. The van der Waals surface area contributed by atoms with Crippen LogP contribution in [0.15, 0.2) is 36.8 Å². The summed E-state index contributed by atoms with van der Waals surface area (Å²) in [5.74, 6) is 1.51. The maximum atomic E-state index is 12.1. The number of aromatic nitrogens is 3. The van der Waals surface area contributed by atoms with E-state index >= 15 is 0 Å². The van der Waals surface area contributed by atoms with E-state index in [2.05, 4.69) is 26.4 Å². The zero-order chi connectivity index (χ0) is 23.6. The van der Waals surface area contributed by atoms with Crippen LogP contribution in [0, 0.1) is 11.3 Å². The second-order valence-corrected chi connectivity index (χ2v) is 8.97. The number of amides is 1. The normalized spacial score (nSPS) is 16.0. The van der Waals surface area contributed by atoms with E-state index in [1.165, 1.54) is 0 Å². The summed E-state index contributed by atoms with van der Waals surface area (Å²) in [6.45, 7) is 9.45. The Labute approximate surface area is 192 Å². The molecule has 4 rings (SSSR count). The molecule has 0 bridgehead atoms. The first-order valence-electron chi connectivity index (χ1n) is 11.0. The number of anilines is 1. The fraction of sp³-hybridized carbons (Fsp3) is 0.417. The molecule has 9 nitrogen and oxygen atoms in total. The molecule has 0 saturated carbocycles. The predicted octanol–water partition coefficient (Wildman–Crippen LogP) is 3.77. The van der Waals surface area contributed by atoms with Crippen LogP contribution in [0.5, 0.6) is 5.75 Å². The van der Waals surface area contributed by atoms with Crippen molar-refractivity contribution >= 4 is 17.4 Å². The van der Waals surface area contributed by atoms with Crippen molar-refractivity contribution in [3.63, 3.8) is 0 Å². The number of nitrogens with zero attached hydrogens (tertiary/aromatic N) is 5. The Hall–Kier alpha value is -3.80. The molecule has 1 amide bonds. The number of nitriles is 1. The third kappa shape index (κ3) is 5.00. The Morgan fingerprint density at radius 1 is 1.33 bits per heavy atom. The van der Waals surface area contributed by atoms with Crippen molar-refractivity contribution in [1.82, 2.24) is 19.9 Å². The number of alkyl carbamates (subject to hydrolysis) is 1. The van der Waals surface area contributed by atoms with Crippen molar-refractivity contribution in [2.45, 2.75) is 45.8 Å². The summed E-state index contributed by atoms with van der Waals surface area (Å²) in [4.78, 5) is 18.9. The summed E-state index contributed by atoms with van der Waals surface area (Å²) in [5.41, 5.74) is 2.39. The van der Waals surface area contributed by atoms with Gasteiger partial charge in [-0.15, -0.1) is 0 Å². The van der Waals surface area contributed by atoms with E-state index in [9.17, 15) is 10.1 Å². The average Bonchev–Trinajstić information content (AvgIpc) is 3.39. The van der Waals surface area contributed by atoms with E-state index in [4.69, 9.17) is 9.47 Å². The minimum absolute atomic E-state index is 0.00815. The first-order valence-corrected chi connectivity index (χ1v) is 11.0. The molecule has 1 aliphatic rings. The number of hydrogen-bond acceptors (Lipinski definition) is 7. The molecule has 3 aromatic heterocycles. The van der Waals surface area contributed by atoms with Gasteiger partial charge in [-0.05, 0) is 52.3 Å². The molecule has 0 aliphatic carbocycles. The van der Waals surface area contributed by atoms with Crippen molar-refractivity contribution in [3.05, 3.63) is 42.4 Å². The number of fused-ring (bicyclic) bond motifs is 1. The van der Waals surface area contributed by atoms with Gasteiger partial charge >= 0.3 is 6.09 Å². The lowest BCUT2D eigenvalue weighted by Gasteiger charge is -2.22. The highest BCUT2D eigenvalue weighted by atomic mass is 16.6. The van der Waals surface area contributed by atoms with E-state index < -0.39 is 11.7 Å². The zero-order valence-corrected chi connectivity index (χ0v) is 19.3. The van der Waals surface area contributed by atoms with E-state index in [1.807, 2.05) is 45.9 Å². The monoisotopic (exact) mass is 448 g/mol. The second kappa shape index (κ2) is 8.98. The molecule has 4 heterocycles. The Morgan fingerprint density at radius 3 is 2.82 bits per heavy atom. The summed E-state index contributed by atoms with van der Waals surface area (Å²) in [7, 11) is 0. The van der Waals surface area contributed by atoms with Gasteiger partial charge in [0.2, 0.25) is 0 Å². The van der Waals surface area contributed by atoms with Crippen molar-refractivity contribution in [2.24, 2.45) is 0 Å². The average molecular weight is 449 g/mol. The van der Waals surface area contributed by atoms with Gasteiger partial charge in [-0.25, -0.2) is 14.3 Å². The molecule has 1 aliphatic heterocycles. The van der Waals surface area contributed by atoms with Crippen LogP contribution < -0.4 is 15.0 Å². The fourth-order valence-electron chi connectivity index (χ4n) is 3.94. The third-order valence-corrected chi connectivity index (χ3v) is 5.31. The largest absolute Gasteiger partial charge is 0.492 e. The van der Waals surface area contributed by atoms with Crippen LogP contribution in [0.4, 0.5) is 10.6 Å². The van der Waals surface area contributed by atoms with Crippen molar-refractivity contribution in [3.8, 4) is 22.9 Å². The summed E-state index contributed by atoms with van der Waals surface area (Å²) >= 11 is 0. The van der Waals surface area contributed by atoms with Gasteiger partial charge in [-0.3, -0.25) is 0 Å². The second-order valence-electron chi connectivity index (χ2n) is 8.97. The number of carbonyl (C=O) groups excluding carboxylic acids is 1. The first-order chi connectivity index (χ1) is 15.8. The number of ether oxygens (including phenoxy) is 2. The van der Waals surface area contributed by atoms with Crippen LogP contribution >= 0.6 is 0 Å². The molecule has 1 saturated heterocycles. The number of pyridine rings is 2. The third-order valence-electron chi connectivity index (χ3n) is 5.31. The molecule has 1 fully saturated rings. The van der Waals surface area contributed by atoms with Gasteiger partial charge < -0.3 is 19.7 Å². The number of hydrogen-bond donors (Lipinski definition) is 1. The minimum Gasteiger partial charge on any atom is -0.492 e. The smallest absolute Gasteiger partial charge is 0.407 e. The number of rotatable bonds is 5. The molecule has 0 aromatic carbocycles. The standard InChI is InChI=1S/C24H28N6O3/c1-5-32-19-10-20(22-17(11-25)13-27-30(22)15-19)16-6-7-21(26-12-16)29-9-8-18(14-29)28-23(31)33-24(2,3)4/h6-7,10,12-13,15,18H,5,8-9,14H2,1-4H3,(H,28,31)/t18-/m1/s1.